The van der Waals surface area contributed by atoms with Crippen LogP contribution in [-0.4, -0.2) is 48.0 Å². The van der Waals surface area contributed by atoms with E-state index in [2.05, 4.69) is 0 Å². The van der Waals surface area contributed by atoms with E-state index >= 15 is 0 Å². The van der Waals surface area contributed by atoms with Crippen molar-refractivity contribution in [2.45, 2.75) is 45.6 Å². The van der Waals surface area contributed by atoms with Crippen molar-refractivity contribution in [2.24, 2.45) is 0 Å². The highest BCUT2D eigenvalue weighted by atomic mass is 16.7. The molecule has 2 aliphatic rings. The molecule has 2 heterocycles. The topological polar surface area (TPSA) is 59.1 Å². The largest absolute Gasteiger partial charge is 0.454 e. The molecular weight excluding hydrogens is 320 g/mol. The highest BCUT2D eigenvalue weighted by Crippen LogP contribution is 2.32. The van der Waals surface area contributed by atoms with Gasteiger partial charge in [0.05, 0.1) is 0 Å². The molecule has 1 aromatic carbocycles. The van der Waals surface area contributed by atoms with Crippen LogP contribution in [0.15, 0.2) is 18.2 Å². The number of hydrogen-bond donors (Lipinski definition) is 0. The summed E-state index contributed by atoms with van der Waals surface area (Å²) in [5, 5.41) is 0. The second-order valence-corrected chi connectivity index (χ2v) is 6.67. The van der Waals surface area contributed by atoms with Crippen LogP contribution in [0.2, 0.25) is 0 Å². The average molecular weight is 346 g/mol. The van der Waals surface area contributed by atoms with Crippen molar-refractivity contribution in [3.05, 3.63) is 23.8 Å². The van der Waals surface area contributed by atoms with Crippen LogP contribution in [-0.2, 0) is 16.1 Å². The lowest BCUT2D eigenvalue weighted by Crippen LogP contribution is -2.36. The lowest BCUT2D eigenvalue weighted by Gasteiger charge is -2.24. The first-order chi connectivity index (χ1) is 12.1. The lowest BCUT2D eigenvalue weighted by atomic mass is 10.2. The van der Waals surface area contributed by atoms with Gasteiger partial charge in [0.25, 0.3) is 0 Å². The minimum Gasteiger partial charge on any atom is -0.454 e. The number of carbonyl (C=O) groups is 2. The molecule has 6 nitrogen and oxygen atoms in total. The van der Waals surface area contributed by atoms with Crippen LogP contribution in [0.25, 0.3) is 0 Å². The molecule has 136 valence electrons. The Bertz CT molecular complexity index is 624. The molecule has 2 aliphatic heterocycles. The molecule has 1 fully saturated rings. The zero-order valence-corrected chi connectivity index (χ0v) is 14.8. The van der Waals surface area contributed by atoms with Crippen molar-refractivity contribution in [3.8, 4) is 11.5 Å². The van der Waals surface area contributed by atoms with Crippen molar-refractivity contribution in [1.82, 2.24) is 9.80 Å². The molecule has 1 aromatic rings. The first kappa shape index (κ1) is 17.6. The predicted octanol–water partition coefficient (Wildman–Crippen LogP) is 2.56. The van der Waals surface area contributed by atoms with Crippen LogP contribution in [0, 0.1) is 0 Å². The molecule has 1 saturated heterocycles. The summed E-state index contributed by atoms with van der Waals surface area (Å²) in [6, 6.07) is 5.69. The van der Waals surface area contributed by atoms with Gasteiger partial charge in [-0.2, -0.15) is 0 Å². The second-order valence-electron chi connectivity index (χ2n) is 6.67. The number of nitrogens with zero attached hydrogens (tertiary/aromatic N) is 2. The van der Waals surface area contributed by atoms with Gasteiger partial charge in [-0.1, -0.05) is 18.9 Å². The van der Waals surface area contributed by atoms with Gasteiger partial charge in [-0.3, -0.25) is 9.59 Å². The zero-order chi connectivity index (χ0) is 17.6. The Morgan fingerprint density at radius 1 is 1.08 bits per heavy atom. The Kier molecular flexibility index (Phi) is 5.79. The minimum atomic E-state index is -0.0265. The third-order valence-electron chi connectivity index (χ3n) is 4.81. The van der Waals surface area contributed by atoms with Gasteiger partial charge in [-0.25, -0.2) is 0 Å². The Labute approximate surface area is 148 Å². The second kappa shape index (κ2) is 8.23. The van der Waals surface area contributed by atoms with E-state index in [1.807, 2.05) is 23.1 Å². The summed E-state index contributed by atoms with van der Waals surface area (Å²) in [6.07, 6.45) is 4.95. The van der Waals surface area contributed by atoms with Crippen LogP contribution >= 0.6 is 0 Å². The molecule has 0 saturated carbocycles. The van der Waals surface area contributed by atoms with Crippen molar-refractivity contribution < 1.29 is 19.1 Å². The molecule has 0 radical (unpaired) electrons. The van der Waals surface area contributed by atoms with E-state index in [0.717, 1.165) is 37.2 Å². The quantitative estimate of drug-likeness (QED) is 0.822. The Hall–Kier alpha value is -2.24. The normalized spacial score (nSPS) is 16.4. The van der Waals surface area contributed by atoms with Crippen LogP contribution in [0.3, 0.4) is 0 Å². The van der Waals surface area contributed by atoms with Crippen LogP contribution in [0.4, 0.5) is 0 Å². The smallest absolute Gasteiger partial charge is 0.231 e. The van der Waals surface area contributed by atoms with E-state index in [9.17, 15) is 9.59 Å². The maximum absolute atomic E-state index is 12.4. The summed E-state index contributed by atoms with van der Waals surface area (Å²) < 4.78 is 10.7. The number of amides is 2. The highest BCUT2D eigenvalue weighted by Gasteiger charge is 2.19. The van der Waals surface area contributed by atoms with E-state index in [1.165, 1.54) is 12.8 Å². The molecule has 0 unspecified atom stereocenters. The van der Waals surface area contributed by atoms with E-state index in [4.69, 9.17) is 9.47 Å². The van der Waals surface area contributed by atoms with Gasteiger partial charge in [-0.15, -0.1) is 0 Å². The summed E-state index contributed by atoms with van der Waals surface area (Å²) >= 11 is 0. The maximum atomic E-state index is 12.4. The van der Waals surface area contributed by atoms with Gasteiger partial charge in [0.1, 0.15) is 0 Å². The van der Waals surface area contributed by atoms with Gasteiger partial charge in [-0.05, 0) is 30.5 Å². The first-order valence-electron chi connectivity index (χ1n) is 9.05. The number of fused-ring (bicyclic) bond motifs is 1. The molecule has 0 aromatic heterocycles. The summed E-state index contributed by atoms with van der Waals surface area (Å²) in [7, 11) is 0. The molecule has 2 amide bonds. The van der Waals surface area contributed by atoms with Crippen molar-refractivity contribution >= 4 is 11.8 Å². The average Bonchev–Trinajstić information content (AvgIpc) is 2.89. The number of carbonyl (C=O) groups excluding carboxylic acids is 2. The summed E-state index contributed by atoms with van der Waals surface area (Å²) in [6.45, 7) is 4.39. The molecule has 0 atom stereocenters. The highest BCUT2D eigenvalue weighted by molar-refractivity contribution is 5.78. The van der Waals surface area contributed by atoms with Gasteiger partial charge >= 0.3 is 0 Å². The van der Waals surface area contributed by atoms with E-state index in [1.54, 1.807) is 11.8 Å². The van der Waals surface area contributed by atoms with E-state index in [-0.39, 0.29) is 18.6 Å². The standard InChI is InChI=1S/C19H26N2O4/c1-15(22)21(11-8-19(23)20-9-4-2-3-5-10-20)13-16-6-7-17-18(12-16)25-14-24-17/h6-7,12H,2-5,8-11,13-14H2,1H3. The van der Waals surface area contributed by atoms with Crippen molar-refractivity contribution in [1.29, 1.82) is 0 Å². The third-order valence-corrected chi connectivity index (χ3v) is 4.81. The van der Waals surface area contributed by atoms with E-state index in [0.29, 0.717) is 25.3 Å². The Morgan fingerprint density at radius 3 is 2.52 bits per heavy atom. The predicted molar refractivity (Wildman–Crippen MR) is 93.3 cm³/mol. The maximum Gasteiger partial charge on any atom is 0.231 e. The lowest BCUT2D eigenvalue weighted by molar-refractivity contribution is -0.133. The van der Waals surface area contributed by atoms with Gasteiger partial charge in [0.2, 0.25) is 18.6 Å². The molecule has 0 spiro atoms. The Balaban J connectivity index is 1.56. The fourth-order valence-corrected chi connectivity index (χ4v) is 3.32. The number of benzene rings is 1. The summed E-state index contributed by atoms with van der Waals surface area (Å²) in [5.74, 6) is 1.57. The number of hydrogen-bond acceptors (Lipinski definition) is 4. The third kappa shape index (κ3) is 4.65. The molecule has 25 heavy (non-hydrogen) atoms. The fourth-order valence-electron chi connectivity index (χ4n) is 3.32. The molecule has 0 N–H and O–H groups in total. The molecule has 6 heteroatoms. The summed E-state index contributed by atoms with van der Waals surface area (Å²) in [5.41, 5.74) is 0.974. The van der Waals surface area contributed by atoms with Crippen LogP contribution in [0.1, 0.15) is 44.6 Å². The number of rotatable bonds is 5. The first-order valence-corrected chi connectivity index (χ1v) is 9.05. The van der Waals surface area contributed by atoms with Gasteiger partial charge in [0, 0.05) is 39.5 Å². The van der Waals surface area contributed by atoms with Crippen LogP contribution in [0.5, 0.6) is 11.5 Å². The van der Waals surface area contributed by atoms with Crippen molar-refractivity contribution in [2.75, 3.05) is 26.4 Å². The van der Waals surface area contributed by atoms with Crippen molar-refractivity contribution in [3.63, 3.8) is 0 Å². The zero-order valence-electron chi connectivity index (χ0n) is 14.8. The monoisotopic (exact) mass is 346 g/mol. The molecule has 3 rings (SSSR count). The minimum absolute atomic E-state index is 0.0265. The van der Waals surface area contributed by atoms with Gasteiger partial charge in [0.15, 0.2) is 11.5 Å². The fraction of sp³-hybridized carbons (Fsp3) is 0.579. The van der Waals surface area contributed by atoms with Gasteiger partial charge < -0.3 is 19.3 Å². The summed E-state index contributed by atoms with van der Waals surface area (Å²) in [4.78, 5) is 28.1. The SMILES string of the molecule is CC(=O)N(CCC(=O)N1CCCCCC1)Cc1ccc2c(c1)OCO2. The van der Waals surface area contributed by atoms with E-state index < -0.39 is 0 Å². The number of ether oxygens (including phenoxy) is 2. The Morgan fingerprint density at radius 2 is 1.80 bits per heavy atom. The van der Waals surface area contributed by atoms with Crippen LogP contribution < -0.4 is 9.47 Å². The number of likely N-dealkylation sites (tertiary alicyclic amines) is 1. The molecule has 0 bridgehead atoms. The molecule has 0 aliphatic carbocycles. The molecular formula is C19H26N2O4.